The summed E-state index contributed by atoms with van der Waals surface area (Å²) >= 11 is 0. The average molecular weight is 243 g/mol. The maximum atomic E-state index is 8.81. The fraction of sp³-hybridized carbons (Fsp3) is 0.533. The lowest BCUT2D eigenvalue weighted by Gasteiger charge is -2.33. The standard InChI is InChI=1S/C15H21N3/c1-10-3-5-13(7-11(10)2)18-15-6-4-12(9-16)8-14(15)17/h4,6,8,10-11,13,18H,3,5,7,17H2,1-2H3. The zero-order valence-electron chi connectivity index (χ0n) is 11.1. The number of rotatable bonds is 2. The number of nitriles is 1. The van der Waals surface area contributed by atoms with Crippen LogP contribution in [-0.4, -0.2) is 6.04 Å². The predicted octanol–water partition coefficient (Wildman–Crippen LogP) is 3.38. The van der Waals surface area contributed by atoms with Crippen LogP contribution in [0.3, 0.4) is 0 Å². The lowest BCUT2D eigenvalue weighted by molar-refractivity contribution is 0.261. The predicted molar refractivity (Wildman–Crippen MR) is 75.2 cm³/mol. The molecule has 1 saturated carbocycles. The van der Waals surface area contributed by atoms with Gasteiger partial charge in [0.05, 0.1) is 23.0 Å². The van der Waals surface area contributed by atoms with Gasteiger partial charge in [0.15, 0.2) is 0 Å². The van der Waals surface area contributed by atoms with Gasteiger partial charge < -0.3 is 11.1 Å². The molecule has 18 heavy (non-hydrogen) atoms. The topological polar surface area (TPSA) is 61.8 Å². The summed E-state index contributed by atoms with van der Waals surface area (Å²) in [6, 6.07) is 8.07. The van der Waals surface area contributed by atoms with Gasteiger partial charge in [-0.05, 0) is 49.3 Å². The number of nitrogen functional groups attached to an aromatic ring is 1. The van der Waals surface area contributed by atoms with Crippen molar-refractivity contribution in [3.05, 3.63) is 23.8 Å². The van der Waals surface area contributed by atoms with Crippen LogP contribution in [0, 0.1) is 23.2 Å². The van der Waals surface area contributed by atoms with Crippen molar-refractivity contribution in [1.82, 2.24) is 0 Å². The molecule has 1 aliphatic carbocycles. The summed E-state index contributed by atoms with van der Waals surface area (Å²) < 4.78 is 0. The summed E-state index contributed by atoms with van der Waals surface area (Å²) in [5.41, 5.74) is 8.20. The van der Waals surface area contributed by atoms with E-state index < -0.39 is 0 Å². The van der Waals surface area contributed by atoms with Crippen LogP contribution >= 0.6 is 0 Å². The van der Waals surface area contributed by atoms with Gasteiger partial charge in [0.25, 0.3) is 0 Å². The molecule has 2 rings (SSSR count). The monoisotopic (exact) mass is 243 g/mol. The van der Waals surface area contributed by atoms with E-state index in [4.69, 9.17) is 11.0 Å². The number of nitrogens with two attached hydrogens (primary N) is 1. The number of nitrogens with one attached hydrogen (secondary N) is 1. The third-order valence-electron chi connectivity index (χ3n) is 4.14. The van der Waals surface area contributed by atoms with Gasteiger partial charge in [-0.1, -0.05) is 13.8 Å². The van der Waals surface area contributed by atoms with Crippen molar-refractivity contribution in [2.24, 2.45) is 11.8 Å². The highest BCUT2D eigenvalue weighted by atomic mass is 14.9. The molecule has 3 unspecified atom stereocenters. The van der Waals surface area contributed by atoms with E-state index in [2.05, 4.69) is 25.2 Å². The fourth-order valence-electron chi connectivity index (χ4n) is 2.66. The summed E-state index contributed by atoms with van der Waals surface area (Å²) in [5.74, 6) is 1.58. The summed E-state index contributed by atoms with van der Waals surface area (Å²) in [7, 11) is 0. The normalized spacial score (nSPS) is 27.5. The van der Waals surface area contributed by atoms with Gasteiger partial charge in [-0.3, -0.25) is 0 Å². The van der Waals surface area contributed by atoms with Gasteiger partial charge in [-0.25, -0.2) is 0 Å². The maximum absolute atomic E-state index is 8.81. The summed E-state index contributed by atoms with van der Waals surface area (Å²) in [6.45, 7) is 4.65. The van der Waals surface area contributed by atoms with Crippen LogP contribution in [0.2, 0.25) is 0 Å². The Balaban J connectivity index is 2.04. The van der Waals surface area contributed by atoms with Crippen molar-refractivity contribution in [3.8, 4) is 6.07 Å². The fourth-order valence-corrected chi connectivity index (χ4v) is 2.66. The van der Waals surface area contributed by atoms with E-state index in [9.17, 15) is 0 Å². The first-order valence-corrected chi connectivity index (χ1v) is 6.66. The third-order valence-corrected chi connectivity index (χ3v) is 4.14. The first-order valence-electron chi connectivity index (χ1n) is 6.66. The minimum Gasteiger partial charge on any atom is -0.397 e. The highest BCUT2D eigenvalue weighted by molar-refractivity contribution is 5.68. The summed E-state index contributed by atoms with van der Waals surface area (Å²) in [5, 5.41) is 12.3. The van der Waals surface area contributed by atoms with Crippen molar-refractivity contribution in [2.75, 3.05) is 11.1 Å². The Kier molecular flexibility index (Phi) is 3.76. The van der Waals surface area contributed by atoms with Crippen molar-refractivity contribution in [1.29, 1.82) is 5.26 Å². The first kappa shape index (κ1) is 12.8. The molecule has 0 aliphatic heterocycles. The number of anilines is 2. The Hall–Kier alpha value is -1.69. The number of nitrogens with zero attached hydrogens (tertiary/aromatic N) is 1. The molecule has 0 radical (unpaired) electrons. The van der Waals surface area contributed by atoms with Crippen LogP contribution in [0.1, 0.15) is 38.7 Å². The second-order valence-corrected chi connectivity index (χ2v) is 5.52. The minimum atomic E-state index is 0.506. The quantitative estimate of drug-likeness (QED) is 0.783. The molecule has 3 nitrogen and oxygen atoms in total. The van der Waals surface area contributed by atoms with Crippen LogP contribution in [0.4, 0.5) is 11.4 Å². The minimum absolute atomic E-state index is 0.506. The molecule has 0 bridgehead atoms. The van der Waals surface area contributed by atoms with Gasteiger partial charge in [-0.15, -0.1) is 0 Å². The van der Waals surface area contributed by atoms with Crippen molar-refractivity contribution < 1.29 is 0 Å². The molecule has 1 aromatic rings. The van der Waals surface area contributed by atoms with Crippen LogP contribution in [0.25, 0.3) is 0 Å². The zero-order valence-corrected chi connectivity index (χ0v) is 11.1. The molecule has 1 aliphatic rings. The Bertz CT molecular complexity index is 461. The van der Waals surface area contributed by atoms with E-state index >= 15 is 0 Å². The molecule has 0 aromatic heterocycles. The van der Waals surface area contributed by atoms with Crippen molar-refractivity contribution >= 4 is 11.4 Å². The second-order valence-electron chi connectivity index (χ2n) is 5.52. The number of benzene rings is 1. The largest absolute Gasteiger partial charge is 0.397 e. The third kappa shape index (κ3) is 2.76. The smallest absolute Gasteiger partial charge is 0.0992 e. The van der Waals surface area contributed by atoms with Gasteiger partial charge in [0.2, 0.25) is 0 Å². The maximum Gasteiger partial charge on any atom is 0.0992 e. The summed E-state index contributed by atoms with van der Waals surface area (Å²) in [4.78, 5) is 0. The molecule has 3 N–H and O–H groups in total. The zero-order chi connectivity index (χ0) is 13.1. The van der Waals surface area contributed by atoms with Crippen LogP contribution in [-0.2, 0) is 0 Å². The Morgan fingerprint density at radius 1 is 1.28 bits per heavy atom. The van der Waals surface area contributed by atoms with E-state index in [-0.39, 0.29) is 0 Å². The molecule has 3 atom stereocenters. The van der Waals surface area contributed by atoms with Crippen molar-refractivity contribution in [2.45, 2.75) is 39.2 Å². The molecule has 1 aromatic carbocycles. The Labute approximate surface area is 109 Å². The molecular weight excluding hydrogens is 222 g/mol. The Morgan fingerprint density at radius 2 is 2.06 bits per heavy atom. The highest BCUT2D eigenvalue weighted by Crippen LogP contribution is 2.32. The lowest BCUT2D eigenvalue weighted by Crippen LogP contribution is -2.30. The summed E-state index contributed by atoms with van der Waals surface area (Å²) in [6.07, 6.45) is 3.67. The van der Waals surface area contributed by atoms with Crippen LogP contribution in [0.5, 0.6) is 0 Å². The molecule has 3 heteroatoms. The first-order chi connectivity index (χ1) is 8.60. The molecular formula is C15H21N3. The Morgan fingerprint density at radius 3 is 2.67 bits per heavy atom. The van der Waals surface area contributed by atoms with Gasteiger partial charge in [0, 0.05) is 6.04 Å². The average Bonchev–Trinajstić information content (AvgIpc) is 2.36. The van der Waals surface area contributed by atoms with E-state index in [1.807, 2.05) is 12.1 Å². The van der Waals surface area contributed by atoms with Gasteiger partial charge in [-0.2, -0.15) is 5.26 Å². The molecule has 0 amide bonds. The molecule has 0 saturated heterocycles. The number of hydrogen-bond acceptors (Lipinski definition) is 3. The van der Waals surface area contributed by atoms with E-state index in [1.165, 1.54) is 19.3 Å². The number of hydrogen-bond donors (Lipinski definition) is 2. The van der Waals surface area contributed by atoms with Gasteiger partial charge >= 0.3 is 0 Å². The SMILES string of the molecule is CC1CCC(Nc2ccc(C#N)cc2N)CC1C. The van der Waals surface area contributed by atoms with E-state index in [1.54, 1.807) is 6.07 Å². The van der Waals surface area contributed by atoms with Crippen molar-refractivity contribution in [3.63, 3.8) is 0 Å². The van der Waals surface area contributed by atoms with Crippen LogP contribution < -0.4 is 11.1 Å². The molecule has 96 valence electrons. The van der Waals surface area contributed by atoms with Gasteiger partial charge in [0.1, 0.15) is 0 Å². The molecule has 1 fully saturated rings. The van der Waals surface area contributed by atoms with E-state index in [0.717, 1.165) is 17.5 Å². The highest BCUT2D eigenvalue weighted by Gasteiger charge is 2.24. The molecule has 0 spiro atoms. The van der Waals surface area contributed by atoms with Crippen LogP contribution in [0.15, 0.2) is 18.2 Å². The van der Waals surface area contributed by atoms with E-state index in [0.29, 0.717) is 17.3 Å². The molecule has 0 heterocycles. The lowest BCUT2D eigenvalue weighted by atomic mass is 9.79. The second kappa shape index (κ2) is 5.30.